The van der Waals surface area contributed by atoms with Gasteiger partial charge in [0.05, 0.1) is 24.4 Å². The first-order chi connectivity index (χ1) is 12.4. The van der Waals surface area contributed by atoms with Crippen molar-refractivity contribution in [3.8, 4) is 0 Å². The maximum atomic E-state index is 13.1. The molecule has 6 nitrogen and oxygen atoms in total. The van der Waals surface area contributed by atoms with Gasteiger partial charge >= 0.3 is 11.9 Å². The van der Waals surface area contributed by atoms with E-state index in [4.69, 9.17) is 9.47 Å². The van der Waals surface area contributed by atoms with E-state index in [1.54, 1.807) is 29.6 Å². The van der Waals surface area contributed by atoms with Crippen LogP contribution in [0, 0.1) is 0 Å². The number of thiophene rings is 1. The van der Waals surface area contributed by atoms with E-state index in [0.29, 0.717) is 10.4 Å². The molecule has 8 heteroatoms. The number of methoxy groups -OCH3 is 2. The van der Waals surface area contributed by atoms with E-state index in [9.17, 15) is 18.0 Å². The van der Waals surface area contributed by atoms with Crippen molar-refractivity contribution in [3.63, 3.8) is 0 Å². The summed E-state index contributed by atoms with van der Waals surface area (Å²) in [6.07, 6.45) is 0.0168. The van der Waals surface area contributed by atoms with Crippen molar-refractivity contribution in [2.45, 2.75) is 28.4 Å². The normalized spacial score (nSPS) is 18.6. The lowest BCUT2D eigenvalue weighted by atomic mass is 9.74. The molecule has 1 aromatic carbocycles. The lowest BCUT2D eigenvalue weighted by molar-refractivity contribution is -0.162. The number of ether oxygens (including phenoxy) is 2. The predicted molar refractivity (Wildman–Crippen MR) is 95.8 cm³/mol. The van der Waals surface area contributed by atoms with Gasteiger partial charge in [0.15, 0.2) is 9.84 Å². The topological polar surface area (TPSA) is 86.7 Å². The first-order valence-corrected chi connectivity index (χ1v) is 10.3. The highest BCUT2D eigenvalue weighted by atomic mass is 32.2. The first kappa shape index (κ1) is 18.6. The SMILES string of the molecule is COC(=O)C1(C(=O)OC)CC(S(=O)(=O)c2ccccc2)Cc2ccsc21. The van der Waals surface area contributed by atoms with Crippen LogP contribution in [0.25, 0.3) is 0 Å². The molecule has 1 aliphatic carbocycles. The van der Waals surface area contributed by atoms with Gasteiger partial charge in [-0.2, -0.15) is 0 Å². The van der Waals surface area contributed by atoms with E-state index in [1.165, 1.54) is 37.7 Å². The van der Waals surface area contributed by atoms with Crippen molar-refractivity contribution >= 4 is 33.1 Å². The molecule has 0 spiro atoms. The Bertz CT molecular complexity index is 914. The molecule has 1 heterocycles. The molecule has 0 N–H and O–H groups in total. The summed E-state index contributed by atoms with van der Waals surface area (Å²) in [7, 11) is -1.40. The van der Waals surface area contributed by atoms with Gasteiger partial charge in [0.1, 0.15) is 0 Å². The molecule has 0 saturated carbocycles. The molecule has 1 unspecified atom stereocenters. The lowest BCUT2D eigenvalue weighted by Crippen LogP contribution is -2.51. The summed E-state index contributed by atoms with van der Waals surface area (Å²) in [5.41, 5.74) is -1.11. The number of fused-ring (bicyclic) bond motifs is 1. The van der Waals surface area contributed by atoms with Crippen LogP contribution in [0.2, 0.25) is 0 Å². The summed E-state index contributed by atoms with van der Waals surface area (Å²) in [6, 6.07) is 9.77. The zero-order chi connectivity index (χ0) is 18.9. The van der Waals surface area contributed by atoms with Gasteiger partial charge in [0, 0.05) is 4.88 Å². The van der Waals surface area contributed by atoms with Crippen LogP contribution in [0.5, 0.6) is 0 Å². The van der Waals surface area contributed by atoms with Crippen LogP contribution >= 0.6 is 11.3 Å². The van der Waals surface area contributed by atoms with E-state index >= 15 is 0 Å². The van der Waals surface area contributed by atoms with Crippen LogP contribution in [-0.4, -0.2) is 39.8 Å². The van der Waals surface area contributed by atoms with Gasteiger partial charge in [-0.1, -0.05) is 18.2 Å². The summed E-state index contributed by atoms with van der Waals surface area (Å²) in [5, 5.41) is 0.799. The highest BCUT2D eigenvalue weighted by molar-refractivity contribution is 7.92. The van der Waals surface area contributed by atoms with Gasteiger partial charge in [0.2, 0.25) is 5.41 Å². The van der Waals surface area contributed by atoms with Crippen LogP contribution in [0.1, 0.15) is 16.9 Å². The second kappa shape index (κ2) is 6.85. The highest BCUT2D eigenvalue weighted by Gasteiger charge is 2.57. The molecule has 0 fully saturated rings. The van der Waals surface area contributed by atoms with Gasteiger partial charge in [0.25, 0.3) is 0 Å². The molecule has 0 radical (unpaired) electrons. The largest absolute Gasteiger partial charge is 0.468 e. The van der Waals surface area contributed by atoms with E-state index < -0.39 is 32.4 Å². The first-order valence-electron chi connectivity index (χ1n) is 7.90. The number of carbonyl (C=O) groups is 2. The minimum atomic E-state index is -3.75. The monoisotopic (exact) mass is 394 g/mol. The summed E-state index contributed by atoms with van der Waals surface area (Å²) in [5.74, 6) is -1.61. The van der Waals surface area contributed by atoms with Crippen molar-refractivity contribution in [1.82, 2.24) is 0 Å². The Morgan fingerprint density at radius 3 is 2.27 bits per heavy atom. The average Bonchev–Trinajstić information content (AvgIpc) is 3.15. The number of esters is 2. The molecule has 2 aromatic rings. The van der Waals surface area contributed by atoms with E-state index in [2.05, 4.69) is 0 Å². The minimum Gasteiger partial charge on any atom is -0.468 e. The van der Waals surface area contributed by atoms with Gasteiger partial charge in [-0.3, -0.25) is 9.59 Å². The van der Waals surface area contributed by atoms with E-state index in [0.717, 1.165) is 0 Å². The number of hydrogen-bond donors (Lipinski definition) is 0. The standard InChI is InChI=1S/C18H18O6S2/c1-23-16(19)18(17(20)24-2)11-14(10-12-8-9-25-15(12)18)26(21,22)13-6-4-3-5-7-13/h3-9,14H,10-11H2,1-2H3. The Hall–Kier alpha value is -2.19. The molecular weight excluding hydrogens is 376 g/mol. The molecule has 1 aliphatic rings. The number of benzene rings is 1. The van der Waals surface area contributed by atoms with Crippen molar-refractivity contribution < 1.29 is 27.5 Å². The molecule has 0 amide bonds. The Morgan fingerprint density at radius 2 is 1.69 bits per heavy atom. The Balaban J connectivity index is 2.16. The third kappa shape index (κ3) is 2.73. The molecule has 1 aromatic heterocycles. The zero-order valence-electron chi connectivity index (χ0n) is 14.3. The summed E-state index contributed by atoms with van der Waals surface area (Å²) >= 11 is 1.23. The molecule has 0 saturated heterocycles. The zero-order valence-corrected chi connectivity index (χ0v) is 15.9. The summed E-state index contributed by atoms with van der Waals surface area (Å²) in [6.45, 7) is 0. The van der Waals surface area contributed by atoms with Crippen LogP contribution in [-0.2, 0) is 40.7 Å². The Labute approximate surface area is 155 Å². The number of rotatable bonds is 4. The quantitative estimate of drug-likeness (QED) is 0.583. The molecule has 0 aliphatic heterocycles. The van der Waals surface area contributed by atoms with Crippen LogP contribution < -0.4 is 0 Å². The minimum absolute atomic E-state index is 0.160. The molecule has 138 valence electrons. The fourth-order valence-electron chi connectivity index (χ4n) is 3.43. The van der Waals surface area contributed by atoms with Gasteiger partial charge < -0.3 is 9.47 Å². The maximum Gasteiger partial charge on any atom is 0.328 e. The van der Waals surface area contributed by atoms with Gasteiger partial charge in [-0.05, 0) is 42.0 Å². The molecular formula is C18H18O6S2. The van der Waals surface area contributed by atoms with Gasteiger partial charge in [-0.25, -0.2) is 8.42 Å². The molecule has 26 heavy (non-hydrogen) atoms. The Kier molecular flexibility index (Phi) is 4.90. The van der Waals surface area contributed by atoms with Crippen molar-refractivity contribution in [2.75, 3.05) is 14.2 Å². The highest BCUT2D eigenvalue weighted by Crippen LogP contribution is 2.45. The van der Waals surface area contributed by atoms with Crippen LogP contribution in [0.3, 0.4) is 0 Å². The third-order valence-corrected chi connectivity index (χ3v) is 7.95. The molecule has 0 bridgehead atoms. The van der Waals surface area contributed by atoms with Crippen molar-refractivity contribution in [2.24, 2.45) is 0 Å². The van der Waals surface area contributed by atoms with E-state index in [1.807, 2.05) is 0 Å². The number of sulfone groups is 1. The van der Waals surface area contributed by atoms with Gasteiger partial charge in [-0.15, -0.1) is 11.3 Å². The van der Waals surface area contributed by atoms with Crippen molar-refractivity contribution in [3.05, 3.63) is 52.2 Å². The lowest BCUT2D eigenvalue weighted by Gasteiger charge is -2.35. The summed E-state index contributed by atoms with van der Waals surface area (Å²) < 4.78 is 36.0. The second-order valence-electron chi connectivity index (χ2n) is 6.05. The average molecular weight is 394 g/mol. The molecule has 3 rings (SSSR count). The number of carbonyl (C=O) groups excluding carboxylic acids is 2. The van der Waals surface area contributed by atoms with E-state index in [-0.39, 0.29) is 17.7 Å². The fourth-order valence-corrected chi connectivity index (χ4v) is 6.34. The Morgan fingerprint density at radius 1 is 1.08 bits per heavy atom. The number of hydrogen-bond acceptors (Lipinski definition) is 7. The predicted octanol–water partition coefficient (Wildman–Crippen LogP) is 2.12. The van der Waals surface area contributed by atoms with Crippen LogP contribution in [0.4, 0.5) is 0 Å². The van der Waals surface area contributed by atoms with Crippen molar-refractivity contribution in [1.29, 1.82) is 0 Å². The second-order valence-corrected chi connectivity index (χ2v) is 9.20. The third-order valence-electron chi connectivity index (χ3n) is 4.69. The smallest absolute Gasteiger partial charge is 0.328 e. The van der Waals surface area contributed by atoms with Crippen LogP contribution in [0.15, 0.2) is 46.7 Å². The molecule has 1 atom stereocenters. The maximum absolute atomic E-state index is 13.1. The fraction of sp³-hybridized carbons (Fsp3) is 0.333. The summed E-state index contributed by atoms with van der Waals surface area (Å²) in [4.78, 5) is 26.0.